The third-order valence-corrected chi connectivity index (χ3v) is 5.15. The Kier molecular flexibility index (Phi) is 1.27. The van der Waals surface area contributed by atoms with E-state index in [0.29, 0.717) is 17.6 Å². The molecule has 1 aliphatic heterocycles. The largest absolute Gasteiger partial charge is 0.294 e. The number of hydrogen-bond donors (Lipinski definition) is 0. The van der Waals surface area contributed by atoms with E-state index >= 15 is 0 Å². The van der Waals surface area contributed by atoms with Crippen molar-refractivity contribution >= 4 is 0 Å². The van der Waals surface area contributed by atoms with Gasteiger partial charge in [-0.1, -0.05) is 18.6 Å². The van der Waals surface area contributed by atoms with Gasteiger partial charge in [-0.05, 0) is 25.2 Å². The van der Waals surface area contributed by atoms with Gasteiger partial charge in [0.15, 0.2) is 0 Å². The molecule has 14 heavy (non-hydrogen) atoms. The van der Waals surface area contributed by atoms with Crippen molar-refractivity contribution in [2.24, 2.45) is 17.3 Å². The molecule has 2 saturated carbocycles. The first kappa shape index (κ1) is 7.89. The number of rotatable bonds is 0. The topological polar surface area (TPSA) is 12.5 Å². The molecule has 0 aromatic carbocycles. The molecule has 2 nitrogen and oxygen atoms in total. The fourth-order valence-corrected chi connectivity index (χ4v) is 4.71. The fraction of sp³-hybridized carbons (Fsp3) is 0.833. The summed E-state index contributed by atoms with van der Waals surface area (Å²) in [6, 6.07) is 0.715. The maximum Gasteiger partial charge on any atom is 0.0933 e. The first-order valence-corrected chi connectivity index (χ1v) is 5.90. The molecule has 5 atom stereocenters. The molecule has 4 rings (SSSR count). The number of nitrogens with zero attached hydrogens (tertiary/aromatic N) is 1. The molecule has 1 spiro atoms. The SMILES string of the molecule is CN1O[C@H]2[C@H]3C=C[C@H](C3)[C@]23CCC[C@@H]13. The molecular weight excluding hydrogens is 174 g/mol. The molecule has 0 N–H and O–H groups in total. The zero-order valence-corrected chi connectivity index (χ0v) is 8.65. The predicted molar refractivity (Wildman–Crippen MR) is 53.4 cm³/mol. The summed E-state index contributed by atoms with van der Waals surface area (Å²) in [4.78, 5) is 6.06. The Morgan fingerprint density at radius 3 is 3.29 bits per heavy atom. The van der Waals surface area contributed by atoms with Gasteiger partial charge in [0.1, 0.15) is 0 Å². The summed E-state index contributed by atoms with van der Waals surface area (Å²) in [5, 5.41) is 2.17. The maximum atomic E-state index is 6.06. The Labute approximate surface area is 84.9 Å². The van der Waals surface area contributed by atoms with E-state index in [1.807, 2.05) is 0 Å². The van der Waals surface area contributed by atoms with Crippen LogP contribution in [-0.4, -0.2) is 24.3 Å². The van der Waals surface area contributed by atoms with E-state index in [1.165, 1.54) is 25.7 Å². The summed E-state index contributed by atoms with van der Waals surface area (Å²) in [6.07, 6.45) is 10.9. The van der Waals surface area contributed by atoms with Gasteiger partial charge in [0.05, 0.1) is 6.10 Å². The van der Waals surface area contributed by atoms with Gasteiger partial charge >= 0.3 is 0 Å². The molecule has 2 bridgehead atoms. The van der Waals surface area contributed by atoms with Gasteiger partial charge in [-0.15, -0.1) is 0 Å². The second kappa shape index (κ2) is 2.25. The highest BCUT2D eigenvalue weighted by Gasteiger charge is 2.67. The third-order valence-electron chi connectivity index (χ3n) is 5.15. The summed E-state index contributed by atoms with van der Waals surface area (Å²) in [7, 11) is 2.13. The van der Waals surface area contributed by atoms with Crippen LogP contribution < -0.4 is 0 Å². The minimum atomic E-state index is 0.522. The molecule has 3 aliphatic carbocycles. The third kappa shape index (κ3) is 0.636. The van der Waals surface area contributed by atoms with Crippen molar-refractivity contribution in [1.82, 2.24) is 5.06 Å². The highest BCUT2D eigenvalue weighted by molar-refractivity contribution is 5.25. The van der Waals surface area contributed by atoms with Gasteiger partial charge in [-0.3, -0.25) is 4.84 Å². The number of hydrogen-bond acceptors (Lipinski definition) is 2. The average molecular weight is 191 g/mol. The highest BCUT2D eigenvalue weighted by atomic mass is 16.7. The van der Waals surface area contributed by atoms with Crippen LogP contribution in [0.1, 0.15) is 25.7 Å². The summed E-state index contributed by atoms with van der Waals surface area (Å²) < 4.78 is 0. The molecule has 0 aromatic rings. The number of allylic oxidation sites excluding steroid dienone is 1. The van der Waals surface area contributed by atoms with Crippen molar-refractivity contribution < 1.29 is 4.84 Å². The fourth-order valence-electron chi connectivity index (χ4n) is 4.71. The molecule has 0 radical (unpaired) electrons. The molecule has 76 valence electrons. The molecule has 3 fully saturated rings. The number of hydroxylamine groups is 2. The van der Waals surface area contributed by atoms with E-state index in [1.54, 1.807) is 0 Å². The highest BCUT2D eigenvalue weighted by Crippen LogP contribution is 2.65. The smallest absolute Gasteiger partial charge is 0.0933 e. The molecule has 0 amide bonds. The van der Waals surface area contributed by atoms with Crippen molar-refractivity contribution in [3.63, 3.8) is 0 Å². The summed E-state index contributed by atoms with van der Waals surface area (Å²) in [5.41, 5.74) is 0.522. The van der Waals surface area contributed by atoms with E-state index in [9.17, 15) is 0 Å². The van der Waals surface area contributed by atoms with Gasteiger partial charge in [0.25, 0.3) is 0 Å². The lowest BCUT2D eigenvalue weighted by Gasteiger charge is -2.34. The van der Waals surface area contributed by atoms with E-state index in [0.717, 1.165) is 11.8 Å². The van der Waals surface area contributed by atoms with Crippen LogP contribution in [-0.2, 0) is 4.84 Å². The molecule has 2 heteroatoms. The lowest BCUT2D eigenvalue weighted by Crippen LogP contribution is -2.40. The van der Waals surface area contributed by atoms with E-state index < -0.39 is 0 Å². The van der Waals surface area contributed by atoms with Gasteiger partial charge in [-0.2, -0.15) is 5.06 Å². The second-order valence-corrected chi connectivity index (χ2v) is 5.48. The Balaban J connectivity index is 1.86. The van der Waals surface area contributed by atoms with E-state index in [2.05, 4.69) is 24.3 Å². The van der Waals surface area contributed by atoms with Crippen LogP contribution in [0.15, 0.2) is 12.2 Å². The zero-order valence-electron chi connectivity index (χ0n) is 8.65. The standard InChI is InChI=1S/C12H17NO/c1-13-10-3-2-6-12(10)9-5-4-8(7-9)11(12)14-13/h4-5,8-11H,2-3,6-7H2,1H3/t8-,9+,10+,11-,12-/m0/s1. The minimum absolute atomic E-state index is 0.522. The normalized spacial score (nSPS) is 59.5. The van der Waals surface area contributed by atoms with Crippen molar-refractivity contribution in [3.8, 4) is 0 Å². The quantitative estimate of drug-likeness (QED) is 0.543. The van der Waals surface area contributed by atoms with Crippen LogP contribution in [0.2, 0.25) is 0 Å². The molecule has 4 aliphatic rings. The van der Waals surface area contributed by atoms with Crippen LogP contribution in [0.25, 0.3) is 0 Å². The van der Waals surface area contributed by atoms with Gasteiger partial charge in [0, 0.05) is 24.4 Å². The Morgan fingerprint density at radius 1 is 1.43 bits per heavy atom. The molecule has 1 heterocycles. The van der Waals surface area contributed by atoms with Crippen LogP contribution in [0.4, 0.5) is 0 Å². The Morgan fingerprint density at radius 2 is 2.36 bits per heavy atom. The summed E-state index contributed by atoms with van der Waals surface area (Å²) >= 11 is 0. The van der Waals surface area contributed by atoms with Crippen molar-refractivity contribution in [2.75, 3.05) is 7.05 Å². The number of fused-ring (bicyclic) bond motifs is 3. The Hall–Kier alpha value is -0.340. The van der Waals surface area contributed by atoms with Crippen molar-refractivity contribution in [2.45, 2.75) is 37.8 Å². The van der Waals surface area contributed by atoms with Gasteiger partial charge < -0.3 is 0 Å². The zero-order chi connectivity index (χ0) is 9.34. The van der Waals surface area contributed by atoms with Crippen LogP contribution >= 0.6 is 0 Å². The maximum absolute atomic E-state index is 6.06. The predicted octanol–water partition coefficient (Wildman–Crippen LogP) is 1.98. The molecule has 0 aromatic heterocycles. The monoisotopic (exact) mass is 191 g/mol. The van der Waals surface area contributed by atoms with Crippen molar-refractivity contribution in [1.29, 1.82) is 0 Å². The summed E-state index contributed by atoms with van der Waals surface area (Å²) in [6.45, 7) is 0. The van der Waals surface area contributed by atoms with Crippen molar-refractivity contribution in [3.05, 3.63) is 12.2 Å². The van der Waals surface area contributed by atoms with E-state index in [4.69, 9.17) is 4.84 Å². The van der Waals surface area contributed by atoms with Crippen LogP contribution in [0.3, 0.4) is 0 Å². The first-order valence-electron chi connectivity index (χ1n) is 5.90. The minimum Gasteiger partial charge on any atom is -0.294 e. The average Bonchev–Trinajstić information content (AvgIpc) is 2.84. The second-order valence-electron chi connectivity index (χ2n) is 5.48. The molecule has 1 saturated heterocycles. The molecular formula is C12H17NO. The lowest BCUT2D eigenvalue weighted by atomic mass is 9.70. The van der Waals surface area contributed by atoms with Gasteiger partial charge in [0.2, 0.25) is 0 Å². The van der Waals surface area contributed by atoms with Gasteiger partial charge in [-0.25, -0.2) is 0 Å². The summed E-state index contributed by atoms with van der Waals surface area (Å²) in [5.74, 6) is 1.56. The Bertz CT molecular complexity index is 313. The van der Waals surface area contributed by atoms with Crippen LogP contribution in [0.5, 0.6) is 0 Å². The lowest BCUT2D eigenvalue weighted by molar-refractivity contribution is -0.154. The van der Waals surface area contributed by atoms with E-state index in [-0.39, 0.29) is 0 Å². The first-order chi connectivity index (χ1) is 6.82. The molecule has 0 unspecified atom stereocenters. The van der Waals surface area contributed by atoms with Crippen LogP contribution in [0, 0.1) is 17.3 Å².